The predicted octanol–water partition coefficient (Wildman–Crippen LogP) is -0.969. The van der Waals surface area contributed by atoms with E-state index in [4.69, 9.17) is 5.11 Å². The topological polar surface area (TPSA) is 89.9 Å². The third kappa shape index (κ3) is 2.28. The number of likely N-dealkylation sites (tertiary alicyclic amines) is 1. The summed E-state index contributed by atoms with van der Waals surface area (Å²) in [7, 11) is 0. The Balaban J connectivity index is 2.10. The molecule has 0 aromatic heterocycles. The van der Waals surface area contributed by atoms with E-state index in [1.807, 2.05) is 6.92 Å². The molecule has 0 bridgehead atoms. The summed E-state index contributed by atoms with van der Waals surface area (Å²) in [6, 6.07) is -1.19. The van der Waals surface area contributed by atoms with Gasteiger partial charge in [0.15, 0.2) is 0 Å². The van der Waals surface area contributed by atoms with E-state index in [0.29, 0.717) is 0 Å². The van der Waals surface area contributed by atoms with E-state index >= 15 is 0 Å². The summed E-state index contributed by atoms with van der Waals surface area (Å²) in [6.45, 7) is 2.89. The van der Waals surface area contributed by atoms with Crippen LogP contribution in [-0.2, 0) is 9.59 Å². The minimum absolute atomic E-state index is 0.126. The highest BCUT2D eigenvalue weighted by molar-refractivity contribution is 5.88. The molecule has 0 spiro atoms. The number of amides is 1. The van der Waals surface area contributed by atoms with E-state index in [-0.39, 0.29) is 30.8 Å². The lowest BCUT2D eigenvalue weighted by Gasteiger charge is -2.26. The number of aliphatic carboxylic acids is 1. The van der Waals surface area contributed by atoms with Gasteiger partial charge in [0.25, 0.3) is 0 Å². The fourth-order valence-electron chi connectivity index (χ4n) is 2.64. The van der Waals surface area contributed by atoms with E-state index in [1.54, 1.807) is 0 Å². The van der Waals surface area contributed by atoms with Gasteiger partial charge in [-0.1, -0.05) is 6.92 Å². The van der Waals surface area contributed by atoms with Gasteiger partial charge in [0.05, 0.1) is 12.1 Å². The van der Waals surface area contributed by atoms with Gasteiger partial charge in [-0.15, -0.1) is 0 Å². The Hall–Kier alpha value is -1.14. The zero-order valence-corrected chi connectivity index (χ0v) is 9.80. The Labute approximate surface area is 99.6 Å². The summed E-state index contributed by atoms with van der Waals surface area (Å²) in [5.74, 6) is -1.02. The minimum atomic E-state index is -1.04. The number of carbonyl (C=O) groups is 2. The molecule has 6 heteroatoms. The number of carboxylic acid groups (broad SMARTS) is 1. The molecule has 2 rings (SSSR count). The highest BCUT2D eigenvalue weighted by Gasteiger charge is 2.43. The molecule has 0 saturated carbocycles. The number of nitrogens with one attached hydrogen (secondary N) is 1. The first-order valence-electron chi connectivity index (χ1n) is 5.95. The summed E-state index contributed by atoms with van der Waals surface area (Å²) in [5.41, 5.74) is 0. The van der Waals surface area contributed by atoms with Crippen LogP contribution in [0.1, 0.15) is 19.8 Å². The number of rotatable bonds is 2. The highest BCUT2D eigenvalue weighted by atomic mass is 16.4. The monoisotopic (exact) mass is 242 g/mol. The van der Waals surface area contributed by atoms with E-state index < -0.39 is 18.1 Å². The molecule has 0 radical (unpaired) electrons. The average Bonchev–Trinajstić information content (AvgIpc) is 2.83. The second-order valence-electron chi connectivity index (χ2n) is 4.93. The number of hydrogen-bond donors (Lipinski definition) is 3. The van der Waals surface area contributed by atoms with Gasteiger partial charge >= 0.3 is 5.97 Å². The van der Waals surface area contributed by atoms with Crippen molar-refractivity contribution >= 4 is 11.9 Å². The molecule has 0 aromatic carbocycles. The smallest absolute Gasteiger partial charge is 0.326 e. The molecular weight excluding hydrogens is 224 g/mol. The van der Waals surface area contributed by atoms with Gasteiger partial charge in [0, 0.05) is 13.0 Å². The second kappa shape index (κ2) is 4.62. The van der Waals surface area contributed by atoms with Crippen molar-refractivity contribution in [2.24, 2.45) is 5.92 Å². The average molecular weight is 242 g/mol. The van der Waals surface area contributed by atoms with Gasteiger partial charge in [0.2, 0.25) is 5.91 Å². The van der Waals surface area contributed by atoms with E-state index in [1.165, 1.54) is 4.90 Å². The first-order valence-corrected chi connectivity index (χ1v) is 5.95. The number of aliphatic hydroxyl groups is 1. The number of carbonyl (C=O) groups excluding carboxylic acids is 1. The van der Waals surface area contributed by atoms with E-state index in [9.17, 15) is 14.7 Å². The molecule has 2 aliphatic heterocycles. The summed E-state index contributed by atoms with van der Waals surface area (Å²) in [4.78, 5) is 24.5. The van der Waals surface area contributed by atoms with Crippen LogP contribution in [0, 0.1) is 5.92 Å². The molecule has 2 unspecified atom stereocenters. The molecule has 2 heterocycles. The standard InChI is InChI=1S/C11H18N2O4/c1-6-2-3-12-9(6)10(15)13-5-7(14)4-8(13)11(16)17/h6-9,12,14H,2-5H2,1H3,(H,16,17)/t6?,7-,8+,9?/m1/s1. The molecule has 96 valence electrons. The maximum atomic E-state index is 12.2. The quantitative estimate of drug-likeness (QED) is 0.580. The minimum Gasteiger partial charge on any atom is -0.480 e. The lowest BCUT2D eigenvalue weighted by Crippen LogP contribution is -2.50. The zero-order valence-electron chi connectivity index (χ0n) is 9.80. The third-order valence-corrected chi connectivity index (χ3v) is 3.65. The van der Waals surface area contributed by atoms with Crippen LogP contribution >= 0.6 is 0 Å². The summed E-state index contributed by atoms with van der Waals surface area (Å²) in [5, 5.41) is 21.6. The first kappa shape index (κ1) is 12.3. The number of β-amino-alcohol motifs (C(OH)–C–C–N with tert-alkyl or cyclic N) is 1. The fraction of sp³-hybridized carbons (Fsp3) is 0.818. The Morgan fingerprint density at radius 2 is 2.12 bits per heavy atom. The Morgan fingerprint density at radius 1 is 1.41 bits per heavy atom. The van der Waals surface area contributed by atoms with Crippen molar-refractivity contribution in [3.05, 3.63) is 0 Å². The van der Waals surface area contributed by atoms with Crippen LogP contribution in [-0.4, -0.2) is 58.3 Å². The van der Waals surface area contributed by atoms with Gasteiger partial charge in [0.1, 0.15) is 6.04 Å². The Kier molecular flexibility index (Phi) is 3.35. The van der Waals surface area contributed by atoms with Crippen LogP contribution < -0.4 is 5.32 Å². The zero-order chi connectivity index (χ0) is 12.6. The number of aliphatic hydroxyl groups excluding tert-OH is 1. The second-order valence-corrected chi connectivity index (χ2v) is 4.93. The molecule has 4 atom stereocenters. The van der Waals surface area contributed by atoms with Gasteiger partial charge in [-0.25, -0.2) is 4.79 Å². The number of nitrogens with zero attached hydrogens (tertiary/aromatic N) is 1. The van der Waals surface area contributed by atoms with Crippen LogP contribution in [0.4, 0.5) is 0 Å². The molecule has 2 fully saturated rings. The summed E-state index contributed by atoms with van der Waals surface area (Å²) < 4.78 is 0. The van der Waals surface area contributed by atoms with Crippen LogP contribution in [0.25, 0.3) is 0 Å². The largest absolute Gasteiger partial charge is 0.480 e. The van der Waals surface area contributed by atoms with E-state index in [2.05, 4.69) is 5.32 Å². The third-order valence-electron chi connectivity index (χ3n) is 3.65. The van der Waals surface area contributed by atoms with Crippen molar-refractivity contribution in [1.29, 1.82) is 0 Å². The van der Waals surface area contributed by atoms with Crippen LogP contribution in [0.5, 0.6) is 0 Å². The van der Waals surface area contributed by atoms with Crippen molar-refractivity contribution in [2.75, 3.05) is 13.1 Å². The van der Waals surface area contributed by atoms with Crippen molar-refractivity contribution in [3.8, 4) is 0 Å². The van der Waals surface area contributed by atoms with Gasteiger partial charge < -0.3 is 20.4 Å². The fourth-order valence-corrected chi connectivity index (χ4v) is 2.64. The van der Waals surface area contributed by atoms with Gasteiger partial charge in [-0.05, 0) is 18.9 Å². The van der Waals surface area contributed by atoms with E-state index in [0.717, 1.165) is 13.0 Å². The molecule has 6 nitrogen and oxygen atoms in total. The normalized spacial score (nSPS) is 37.4. The summed E-state index contributed by atoms with van der Waals surface area (Å²) in [6.07, 6.45) is 0.323. The molecule has 2 aliphatic rings. The number of hydrogen-bond acceptors (Lipinski definition) is 4. The lowest BCUT2D eigenvalue weighted by atomic mass is 10.0. The van der Waals surface area contributed by atoms with Crippen molar-refractivity contribution < 1.29 is 19.8 Å². The van der Waals surface area contributed by atoms with Crippen molar-refractivity contribution in [3.63, 3.8) is 0 Å². The first-order chi connectivity index (χ1) is 8.00. The number of carboxylic acids is 1. The molecule has 3 N–H and O–H groups in total. The van der Waals surface area contributed by atoms with Crippen LogP contribution in [0.2, 0.25) is 0 Å². The van der Waals surface area contributed by atoms with Crippen LogP contribution in [0.3, 0.4) is 0 Å². The molecule has 2 saturated heterocycles. The molecular formula is C11H18N2O4. The molecule has 0 aliphatic carbocycles. The lowest BCUT2D eigenvalue weighted by molar-refractivity contribution is -0.149. The molecule has 1 amide bonds. The molecule has 0 aromatic rings. The summed E-state index contributed by atoms with van der Waals surface area (Å²) >= 11 is 0. The van der Waals surface area contributed by atoms with Crippen molar-refractivity contribution in [2.45, 2.75) is 38.0 Å². The Bertz CT molecular complexity index is 333. The molecule has 17 heavy (non-hydrogen) atoms. The SMILES string of the molecule is CC1CCNC1C(=O)N1C[C@H](O)C[C@H]1C(=O)O. The maximum Gasteiger partial charge on any atom is 0.326 e. The van der Waals surface area contributed by atoms with Crippen LogP contribution in [0.15, 0.2) is 0 Å². The Morgan fingerprint density at radius 3 is 2.65 bits per heavy atom. The van der Waals surface area contributed by atoms with Gasteiger partial charge in [-0.3, -0.25) is 4.79 Å². The maximum absolute atomic E-state index is 12.2. The predicted molar refractivity (Wildman–Crippen MR) is 59.3 cm³/mol. The van der Waals surface area contributed by atoms with Crippen molar-refractivity contribution in [1.82, 2.24) is 10.2 Å². The highest BCUT2D eigenvalue weighted by Crippen LogP contribution is 2.23. The van der Waals surface area contributed by atoms with Gasteiger partial charge in [-0.2, -0.15) is 0 Å².